The number of rotatable bonds is 4. The minimum atomic E-state index is -0.599. The standard InChI is InChI=1S/C26H45NO3.C5H10/c1-9-26(29)21-11-10-18-16-19(30-22(28)27-23(4,5)6)12-14-24(18,7)20(21)13-15-25(26,8)17(2)3;1-3-5-4-2/h16-17,19-21,29H,9-15H2,1-8H3,(H,27,28);3,5H,4H2,1-2H3/b;5-3-. The van der Waals surface area contributed by atoms with E-state index in [4.69, 9.17) is 4.74 Å². The Morgan fingerprint density at radius 1 is 1.17 bits per heavy atom. The zero-order valence-corrected chi connectivity index (χ0v) is 24.5. The van der Waals surface area contributed by atoms with Crippen LogP contribution in [0.25, 0.3) is 0 Å². The van der Waals surface area contributed by atoms with Crippen LogP contribution in [0.3, 0.4) is 0 Å². The average molecular weight is 490 g/mol. The van der Waals surface area contributed by atoms with Gasteiger partial charge in [-0.05, 0) is 114 Å². The molecule has 2 fully saturated rings. The zero-order valence-electron chi connectivity index (χ0n) is 24.5. The fourth-order valence-corrected chi connectivity index (χ4v) is 7.29. The number of ether oxygens (including phenoxy) is 1. The summed E-state index contributed by atoms with van der Waals surface area (Å²) in [4.78, 5) is 12.3. The van der Waals surface area contributed by atoms with Crippen LogP contribution in [0.1, 0.15) is 121 Å². The van der Waals surface area contributed by atoms with Gasteiger partial charge in [0.05, 0.1) is 5.60 Å². The molecule has 4 nitrogen and oxygen atoms in total. The number of nitrogens with one attached hydrogen (secondary N) is 1. The Hall–Kier alpha value is -1.29. The molecule has 35 heavy (non-hydrogen) atoms. The van der Waals surface area contributed by atoms with Gasteiger partial charge in [0, 0.05) is 5.54 Å². The third-order valence-corrected chi connectivity index (χ3v) is 9.69. The summed E-state index contributed by atoms with van der Waals surface area (Å²) in [5, 5.41) is 15.0. The molecule has 6 atom stereocenters. The number of alkyl carbamates (subject to hydrolysis) is 1. The average Bonchev–Trinajstić information content (AvgIpc) is 2.76. The van der Waals surface area contributed by atoms with Gasteiger partial charge in [0.25, 0.3) is 0 Å². The molecule has 0 saturated heterocycles. The van der Waals surface area contributed by atoms with E-state index < -0.39 is 5.60 Å². The van der Waals surface area contributed by atoms with Gasteiger partial charge in [-0.3, -0.25) is 0 Å². The zero-order chi connectivity index (χ0) is 26.7. The van der Waals surface area contributed by atoms with Crippen LogP contribution in [0.2, 0.25) is 0 Å². The van der Waals surface area contributed by atoms with Gasteiger partial charge in [-0.25, -0.2) is 4.79 Å². The SMILES string of the molecule is C/C=C\CC.CCC1(O)C2CCC3=CC(OC(=O)NC(C)(C)C)CCC3(C)C2CCC1(C)C(C)C. The predicted octanol–water partition coefficient (Wildman–Crippen LogP) is 8.20. The minimum absolute atomic E-state index is 0.0220. The number of hydrogen-bond donors (Lipinski definition) is 2. The quantitative estimate of drug-likeness (QED) is 0.391. The van der Waals surface area contributed by atoms with Gasteiger partial charge in [-0.1, -0.05) is 59.3 Å². The smallest absolute Gasteiger partial charge is 0.408 e. The molecule has 202 valence electrons. The second-order valence-corrected chi connectivity index (χ2v) is 13.1. The molecule has 0 bridgehead atoms. The molecule has 0 aromatic rings. The highest BCUT2D eigenvalue weighted by Crippen LogP contribution is 2.65. The lowest BCUT2D eigenvalue weighted by Crippen LogP contribution is -2.63. The molecule has 0 aromatic heterocycles. The van der Waals surface area contributed by atoms with Crippen molar-refractivity contribution in [3.05, 3.63) is 23.8 Å². The summed E-state index contributed by atoms with van der Waals surface area (Å²) in [7, 11) is 0. The van der Waals surface area contributed by atoms with Gasteiger partial charge in [0.2, 0.25) is 0 Å². The summed E-state index contributed by atoms with van der Waals surface area (Å²) in [5.41, 5.74) is 0.659. The van der Waals surface area contributed by atoms with E-state index in [1.54, 1.807) is 0 Å². The van der Waals surface area contributed by atoms with E-state index in [-0.39, 0.29) is 28.6 Å². The first kappa shape index (κ1) is 29.9. The first-order chi connectivity index (χ1) is 16.2. The largest absolute Gasteiger partial charge is 0.442 e. The summed E-state index contributed by atoms with van der Waals surface area (Å²) < 4.78 is 5.75. The number of hydrogen-bond acceptors (Lipinski definition) is 3. The van der Waals surface area contributed by atoms with Crippen LogP contribution in [0.5, 0.6) is 0 Å². The number of amides is 1. The summed E-state index contributed by atoms with van der Waals surface area (Å²) >= 11 is 0. The number of allylic oxidation sites excluding steroid dienone is 3. The van der Waals surface area contributed by atoms with Crippen molar-refractivity contribution in [2.75, 3.05) is 0 Å². The predicted molar refractivity (Wildman–Crippen MR) is 147 cm³/mol. The summed E-state index contributed by atoms with van der Waals surface area (Å²) in [5.74, 6) is 1.34. The van der Waals surface area contributed by atoms with E-state index in [9.17, 15) is 9.90 Å². The number of aliphatic hydroxyl groups is 1. The first-order valence-corrected chi connectivity index (χ1v) is 14.2. The van der Waals surface area contributed by atoms with Crippen molar-refractivity contribution in [1.82, 2.24) is 5.32 Å². The summed E-state index contributed by atoms with van der Waals surface area (Å²) in [6.45, 7) is 21.5. The van der Waals surface area contributed by atoms with Crippen molar-refractivity contribution in [2.45, 2.75) is 138 Å². The van der Waals surface area contributed by atoms with E-state index >= 15 is 0 Å². The Balaban J connectivity index is 0.000000784. The second-order valence-electron chi connectivity index (χ2n) is 13.1. The molecule has 0 spiro atoms. The Kier molecular flexibility index (Phi) is 9.75. The maximum atomic E-state index is 12.3. The van der Waals surface area contributed by atoms with Crippen molar-refractivity contribution in [3.63, 3.8) is 0 Å². The number of carbonyl (C=O) groups excluding carboxylic acids is 1. The van der Waals surface area contributed by atoms with Crippen LogP contribution in [-0.4, -0.2) is 28.4 Å². The summed E-state index contributed by atoms with van der Waals surface area (Å²) in [6, 6.07) is 0. The van der Waals surface area contributed by atoms with Gasteiger partial charge < -0.3 is 15.2 Å². The van der Waals surface area contributed by atoms with E-state index in [0.29, 0.717) is 17.8 Å². The van der Waals surface area contributed by atoms with Crippen molar-refractivity contribution in [3.8, 4) is 0 Å². The molecule has 4 heteroatoms. The number of carbonyl (C=O) groups is 1. The highest BCUT2D eigenvalue weighted by molar-refractivity contribution is 5.68. The van der Waals surface area contributed by atoms with Crippen LogP contribution in [0, 0.1) is 28.6 Å². The Morgan fingerprint density at radius 2 is 1.83 bits per heavy atom. The molecule has 2 saturated carbocycles. The third kappa shape index (κ3) is 6.17. The van der Waals surface area contributed by atoms with E-state index in [0.717, 1.165) is 44.9 Å². The molecule has 1 amide bonds. The second kappa shape index (κ2) is 11.4. The van der Waals surface area contributed by atoms with Crippen LogP contribution in [-0.2, 0) is 4.74 Å². The molecule has 6 unspecified atom stereocenters. The van der Waals surface area contributed by atoms with Gasteiger partial charge in [-0.15, -0.1) is 0 Å². The van der Waals surface area contributed by atoms with Gasteiger partial charge in [-0.2, -0.15) is 0 Å². The highest BCUT2D eigenvalue weighted by atomic mass is 16.6. The molecule has 0 aromatic carbocycles. The lowest BCUT2D eigenvalue weighted by Gasteiger charge is -2.64. The van der Waals surface area contributed by atoms with Crippen LogP contribution >= 0.6 is 0 Å². The van der Waals surface area contributed by atoms with Crippen molar-refractivity contribution in [2.24, 2.45) is 28.6 Å². The van der Waals surface area contributed by atoms with Crippen molar-refractivity contribution in [1.29, 1.82) is 0 Å². The fraction of sp³-hybridized carbons (Fsp3) is 0.839. The van der Waals surface area contributed by atoms with Crippen molar-refractivity contribution < 1.29 is 14.6 Å². The highest BCUT2D eigenvalue weighted by Gasteiger charge is 2.62. The minimum Gasteiger partial charge on any atom is -0.442 e. The molecule has 2 N–H and O–H groups in total. The molecular formula is C31H55NO3. The molecule has 0 heterocycles. The van der Waals surface area contributed by atoms with Gasteiger partial charge in [0.1, 0.15) is 6.10 Å². The lowest BCUT2D eigenvalue weighted by atomic mass is 9.43. The monoisotopic (exact) mass is 489 g/mol. The molecular weight excluding hydrogens is 434 g/mol. The molecule has 0 radical (unpaired) electrons. The van der Waals surface area contributed by atoms with E-state index in [1.807, 2.05) is 27.7 Å². The fourth-order valence-electron chi connectivity index (χ4n) is 7.29. The molecule has 3 aliphatic rings. The van der Waals surface area contributed by atoms with Gasteiger partial charge in [0.15, 0.2) is 0 Å². The van der Waals surface area contributed by atoms with E-state index in [1.165, 1.54) is 12.0 Å². The normalized spacial score (nSPS) is 37.0. The molecule has 3 aliphatic carbocycles. The van der Waals surface area contributed by atoms with E-state index in [2.05, 4.69) is 65.1 Å². The van der Waals surface area contributed by atoms with Crippen molar-refractivity contribution >= 4 is 6.09 Å². The summed E-state index contributed by atoms with van der Waals surface area (Å²) in [6.07, 6.45) is 14.2. The molecule has 3 rings (SSSR count). The lowest BCUT2D eigenvalue weighted by molar-refractivity contribution is -0.207. The Labute approximate surface area is 216 Å². The maximum absolute atomic E-state index is 12.3. The Morgan fingerprint density at radius 3 is 2.31 bits per heavy atom. The first-order valence-electron chi connectivity index (χ1n) is 14.2. The maximum Gasteiger partial charge on any atom is 0.408 e. The van der Waals surface area contributed by atoms with Gasteiger partial charge >= 0.3 is 6.09 Å². The van der Waals surface area contributed by atoms with Crippen LogP contribution in [0.15, 0.2) is 23.8 Å². The van der Waals surface area contributed by atoms with Crippen LogP contribution in [0.4, 0.5) is 4.79 Å². The third-order valence-electron chi connectivity index (χ3n) is 9.69. The molecule has 0 aliphatic heterocycles. The number of fused-ring (bicyclic) bond motifs is 3. The van der Waals surface area contributed by atoms with Crippen LogP contribution < -0.4 is 5.32 Å². The Bertz CT molecular complexity index is 779. The topological polar surface area (TPSA) is 58.6 Å².